The number of benzene rings is 1. The van der Waals surface area contributed by atoms with E-state index in [9.17, 15) is 4.79 Å². The average Bonchev–Trinajstić information content (AvgIpc) is 2.69. The summed E-state index contributed by atoms with van der Waals surface area (Å²) in [5.41, 5.74) is 1.23. The van der Waals surface area contributed by atoms with Crippen molar-refractivity contribution in [3.05, 3.63) is 22.2 Å². The highest BCUT2D eigenvalue weighted by molar-refractivity contribution is 9.10. The molecule has 98 valence electrons. The highest BCUT2D eigenvalue weighted by Crippen LogP contribution is 2.38. The van der Waals surface area contributed by atoms with Crippen LogP contribution in [0.25, 0.3) is 0 Å². The maximum absolute atomic E-state index is 11.7. The number of carbonyl (C=O) groups excluding carboxylic acids is 1. The van der Waals surface area contributed by atoms with Gasteiger partial charge in [-0.1, -0.05) is 15.9 Å². The van der Waals surface area contributed by atoms with E-state index < -0.39 is 11.7 Å². The smallest absolute Gasteiger partial charge is 0.412 e. The fraction of sp³-hybridized carbons (Fsp3) is 0.462. The van der Waals surface area contributed by atoms with Crippen LogP contribution in [0.1, 0.15) is 26.3 Å². The van der Waals surface area contributed by atoms with E-state index >= 15 is 0 Å². The molecule has 18 heavy (non-hydrogen) atoms. The first-order valence-electron chi connectivity index (χ1n) is 5.81. The predicted molar refractivity (Wildman–Crippen MR) is 73.2 cm³/mol. The van der Waals surface area contributed by atoms with Crippen LogP contribution in [-0.2, 0) is 11.2 Å². The molecule has 5 heteroatoms. The Morgan fingerprint density at radius 3 is 2.83 bits per heavy atom. The molecular formula is C13H16BrNO3. The van der Waals surface area contributed by atoms with Gasteiger partial charge in [-0.3, -0.25) is 5.32 Å². The molecule has 1 aromatic rings. The van der Waals surface area contributed by atoms with Crippen molar-refractivity contribution < 1.29 is 14.3 Å². The first kappa shape index (κ1) is 13.2. The summed E-state index contributed by atoms with van der Waals surface area (Å²) in [6.07, 6.45) is 0.377. The Hall–Kier alpha value is -1.23. The van der Waals surface area contributed by atoms with Crippen LogP contribution < -0.4 is 10.1 Å². The quantitative estimate of drug-likeness (QED) is 0.859. The van der Waals surface area contributed by atoms with E-state index in [0.717, 1.165) is 22.2 Å². The zero-order chi connectivity index (χ0) is 13.3. The van der Waals surface area contributed by atoms with E-state index in [0.29, 0.717) is 12.3 Å². The molecule has 1 N–H and O–H groups in total. The predicted octanol–water partition coefficient (Wildman–Crippen LogP) is 3.73. The number of ether oxygens (including phenoxy) is 2. The molecule has 0 unspecified atom stereocenters. The molecule has 1 amide bonds. The van der Waals surface area contributed by atoms with Crippen LogP contribution in [-0.4, -0.2) is 18.3 Å². The molecule has 0 atom stereocenters. The van der Waals surface area contributed by atoms with Gasteiger partial charge in [0.2, 0.25) is 0 Å². The van der Waals surface area contributed by atoms with E-state index in [2.05, 4.69) is 21.2 Å². The molecule has 0 aliphatic carbocycles. The van der Waals surface area contributed by atoms with Crippen LogP contribution in [0.2, 0.25) is 0 Å². The zero-order valence-electron chi connectivity index (χ0n) is 10.7. The highest BCUT2D eigenvalue weighted by atomic mass is 79.9. The summed E-state index contributed by atoms with van der Waals surface area (Å²) >= 11 is 3.47. The fourth-order valence-electron chi connectivity index (χ4n) is 1.77. The number of hydrogen-bond acceptors (Lipinski definition) is 3. The van der Waals surface area contributed by atoms with Crippen LogP contribution in [0, 0.1) is 0 Å². The number of fused-ring (bicyclic) bond motifs is 1. The van der Waals surface area contributed by atoms with Gasteiger partial charge in [0.1, 0.15) is 11.4 Å². The Labute approximate surface area is 115 Å². The van der Waals surface area contributed by atoms with Crippen molar-refractivity contribution in [3.63, 3.8) is 0 Å². The summed E-state index contributed by atoms with van der Waals surface area (Å²) in [6.45, 7) is 6.13. The summed E-state index contributed by atoms with van der Waals surface area (Å²) in [5, 5.41) is 2.72. The summed E-state index contributed by atoms with van der Waals surface area (Å²) < 4.78 is 11.8. The van der Waals surface area contributed by atoms with Crippen molar-refractivity contribution in [1.29, 1.82) is 0 Å². The maximum Gasteiger partial charge on any atom is 0.412 e. The van der Waals surface area contributed by atoms with Crippen molar-refractivity contribution in [2.75, 3.05) is 11.9 Å². The number of hydrogen-bond donors (Lipinski definition) is 1. The Balaban J connectivity index is 2.16. The van der Waals surface area contributed by atoms with E-state index in [1.807, 2.05) is 26.8 Å². The van der Waals surface area contributed by atoms with Gasteiger partial charge in [0, 0.05) is 16.5 Å². The summed E-state index contributed by atoms with van der Waals surface area (Å²) in [5.74, 6) is 0.732. The Bertz CT molecular complexity index is 480. The molecule has 2 rings (SSSR count). The van der Waals surface area contributed by atoms with Crippen molar-refractivity contribution >= 4 is 27.7 Å². The largest absolute Gasteiger partial charge is 0.491 e. The standard InChI is InChI=1S/C13H16BrNO3/c1-13(2,3)18-12(16)15-10-5-4-9(14)8-6-7-17-11(8)10/h4-5H,6-7H2,1-3H3,(H,15,16). The Morgan fingerprint density at radius 2 is 2.17 bits per heavy atom. The molecule has 1 aliphatic rings. The van der Waals surface area contributed by atoms with Gasteiger partial charge in [0.25, 0.3) is 0 Å². The van der Waals surface area contributed by atoms with Crippen LogP contribution in [0.4, 0.5) is 10.5 Å². The van der Waals surface area contributed by atoms with Gasteiger partial charge in [-0.2, -0.15) is 0 Å². The van der Waals surface area contributed by atoms with Gasteiger partial charge in [0.15, 0.2) is 0 Å². The molecule has 0 aromatic heterocycles. The van der Waals surface area contributed by atoms with E-state index in [4.69, 9.17) is 9.47 Å². The normalized spacial score (nSPS) is 13.8. The van der Waals surface area contributed by atoms with Crippen LogP contribution >= 0.6 is 15.9 Å². The highest BCUT2D eigenvalue weighted by Gasteiger charge is 2.22. The lowest BCUT2D eigenvalue weighted by atomic mass is 10.1. The van der Waals surface area contributed by atoms with E-state index in [1.165, 1.54) is 0 Å². The molecule has 0 fully saturated rings. The van der Waals surface area contributed by atoms with E-state index in [-0.39, 0.29) is 0 Å². The maximum atomic E-state index is 11.7. The molecule has 0 saturated carbocycles. The van der Waals surface area contributed by atoms with Crippen molar-refractivity contribution in [3.8, 4) is 5.75 Å². The number of carbonyl (C=O) groups is 1. The lowest BCUT2D eigenvalue weighted by molar-refractivity contribution is 0.0635. The molecule has 1 heterocycles. The van der Waals surface area contributed by atoms with Crippen molar-refractivity contribution in [2.45, 2.75) is 32.8 Å². The first-order chi connectivity index (χ1) is 8.37. The molecule has 0 bridgehead atoms. The van der Waals surface area contributed by atoms with E-state index in [1.54, 1.807) is 6.07 Å². The lowest BCUT2D eigenvalue weighted by Crippen LogP contribution is -2.27. The van der Waals surface area contributed by atoms with Gasteiger partial charge in [0.05, 0.1) is 12.3 Å². The summed E-state index contributed by atoms with van der Waals surface area (Å²) in [4.78, 5) is 11.7. The second-order valence-electron chi connectivity index (χ2n) is 5.13. The molecule has 4 nitrogen and oxygen atoms in total. The number of amides is 1. The second kappa shape index (κ2) is 4.80. The number of rotatable bonds is 1. The zero-order valence-corrected chi connectivity index (χ0v) is 12.3. The van der Waals surface area contributed by atoms with Crippen molar-refractivity contribution in [2.24, 2.45) is 0 Å². The average molecular weight is 314 g/mol. The van der Waals surface area contributed by atoms with Gasteiger partial charge >= 0.3 is 6.09 Å². The van der Waals surface area contributed by atoms with Gasteiger partial charge < -0.3 is 9.47 Å². The van der Waals surface area contributed by atoms with Crippen LogP contribution in [0.5, 0.6) is 5.75 Å². The molecule has 1 aliphatic heterocycles. The van der Waals surface area contributed by atoms with Gasteiger partial charge in [-0.15, -0.1) is 0 Å². The Morgan fingerprint density at radius 1 is 1.44 bits per heavy atom. The third-order valence-electron chi connectivity index (χ3n) is 2.44. The number of anilines is 1. The molecule has 0 spiro atoms. The van der Waals surface area contributed by atoms with Gasteiger partial charge in [-0.05, 0) is 32.9 Å². The lowest BCUT2D eigenvalue weighted by Gasteiger charge is -2.20. The minimum atomic E-state index is -0.510. The molecular weight excluding hydrogens is 298 g/mol. The Kier molecular flexibility index (Phi) is 3.52. The third kappa shape index (κ3) is 2.96. The topological polar surface area (TPSA) is 47.6 Å². The summed E-state index contributed by atoms with van der Waals surface area (Å²) in [7, 11) is 0. The number of halogens is 1. The third-order valence-corrected chi connectivity index (χ3v) is 3.18. The second-order valence-corrected chi connectivity index (χ2v) is 5.98. The monoisotopic (exact) mass is 313 g/mol. The fourth-order valence-corrected chi connectivity index (χ4v) is 2.28. The van der Waals surface area contributed by atoms with Crippen LogP contribution in [0.3, 0.4) is 0 Å². The summed E-state index contributed by atoms with van der Waals surface area (Å²) in [6, 6.07) is 3.71. The van der Waals surface area contributed by atoms with Crippen LogP contribution in [0.15, 0.2) is 16.6 Å². The molecule has 0 saturated heterocycles. The minimum Gasteiger partial charge on any atom is -0.491 e. The minimum absolute atomic E-state index is 0.470. The van der Waals surface area contributed by atoms with Gasteiger partial charge in [-0.25, -0.2) is 4.79 Å². The molecule has 1 aromatic carbocycles. The van der Waals surface area contributed by atoms with Crippen molar-refractivity contribution in [1.82, 2.24) is 0 Å². The number of nitrogens with one attached hydrogen (secondary N) is 1. The molecule has 0 radical (unpaired) electrons. The SMILES string of the molecule is CC(C)(C)OC(=O)Nc1ccc(Br)c2c1OCC2. The first-order valence-corrected chi connectivity index (χ1v) is 6.60.